The summed E-state index contributed by atoms with van der Waals surface area (Å²) in [6.07, 6.45) is 0. The van der Waals surface area contributed by atoms with Crippen LogP contribution in [0.15, 0.2) is 41.3 Å². The molecule has 2 aromatic rings. The fraction of sp³-hybridized carbons (Fsp3) is 0.444. The highest BCUT2D eigenvalue weighted by Gasteiger charge is 2.15. The van der Waals surface area contributed by atoms with Crippen molar-refractivity contribution >= 4 is 21.6 Å². The lowest BCUT2D eigenvalue weighted by Crippen LogP contribution is -2.37. The first-order chi connectivity index (χ1) is 9.79. The summed E-state index contributed by atoms with van der Waals surface area (Å²) < 4.78 is 12.6. The Kier molecular flexibility index (Phi) is 4.84. The molecule has 2 nitrogen and oxygen atoms in total. The van der Waals surface area contributed by atoms with Crippen LogP contribution in [0.3, 0.4) is 0 Å². The van der Waals surface area contributed by atoms with E-state index in [0.717, 1.165) is 10.3 Å². The third-order valence-corrected chi connectivity index (χ3v) is 4.77. The maximum absolute atomic E-state index is 12.6. The fourth-order valence-electron chi connectivity index (χ4n) is 2.36. The number of fused-ring (bicyclic) bond motifs is 1. The van der Waals surface area contributed by atoms with Gasteiger partial charge in [-0.05, 0) is 49.1 Å². The van der Waals surface area contributed by atoms with Crippen LogP contribution in [-0.2, 0) is 10.8 Å². The maximum atomic E-state index is 12.6. The van der Waals surface area contributed by atoms with Crippen LogP contribution in [0.25, 0.3) is 10.8 Å². The zero-order chi connectivity index (χ0) is 15.6. The Hall–Kier alpha value is -1.19. The summed E-state index contributed by atoms with van der Waals surface area (Å²) >= 11 is 0. The van der Waals surface area contributed by atoms with Gasteiger partial charge in [0.05, 0.1) is 16.7 Å². The van der Waals surface area contributed by atoms with Crippen molar-refractivity contribution in [3.8, 4) is 0 Å². The number of hydrogen-bond acceptors (Lipinski definition) is 2. The Bertz CT molecular complexity index is 656. The van der Waals surface area contributed by atoms with Gasteiger partial charge in [0.1, 0.15) is 0 Å². The second-order valence-corrected chi connectivity index (χ2v) is 8.19. The van der Waals surface area contributed by atoms with Crippen molar-refractivity contribution in [1.82, 2.24) is 5.32 Å². The van der Waals surface area contributed by atoms with E-state index in [0.29, 0.717) is 11.8 Å². The van der Waals surface area contributed by atoms with Crippen molar-refractivity contribution in [3.63, 3.8) is 0 Å². The van der Waals surface area contributed by atoms with Crippen LogP contribution in [0.5, 0.6) is 0 Å². The minimum atomic E-state index is -1.04. The summed E-state index contributed by atoms with van der Waals surface area (Å²) in [6, 6.07) is 12.4. The molecule has 1 atom stereocenters. The minimum Gasteiger partial charge on any atom is -0.301 e. The molecular formula is C18H25NOS. The zero-order valence-corrected chi connectivity index (χ0v) is 14.4. The van der Waals surface area contributed by atoms with Crippen molar-refractivity contribution in [2.24, 2.45) is 0 Å². The fourth-order valence-corrected chi connectivity index (χ4v) is 3.72. The van der Waals surface area contributed by atoms with Gasteiger partial charge in [0, 0.05) is 10.4 Å². The van der Waals surface area contributed by atoms with E-state index < -0.39 is 10.8 Å². The Morgan fingerprint density at radius 2 is 1.67 bits per heavy atom. The van der Waals surface area contributed by atoms with Gasteiger partial charge in [0.25, 0.3) is 0 Å². The monoisotopic (exact) mass is 303 g/mol. The highest BCUT2D eigenvalue weighted by molar-refractivity contribution is 7.85. The van der Waals surface area contributed by atoms with Crippen molar-refractivity contribution in [2.75, 3.05) is 5.88 Å². The van der Waals surface area contributed by atoms with E-state index in [1.54, 1.807) is 0 Å². The number of hydrogen-bond donors (Lipinski definition) is 1. The summed E-state index contributed by atoms with van der Waals surface area (Å²) in [6.45, 7) is 10.7. The number of rotatable bonds is 4. The van der Waals surface area contributed by atoms with Crippen molar-refractivity contribution in [1.29, 1.82) is 0 Å². The van der Waals surface area contributed by atoms with Gasteiger partial charge < -0.3 is 5.32 Å². The molecule has 1 N–H and O–H groups in total. The van der Waals surface area contributed by atoms with E-state index >= 15 is 0 Å². The molecule has 0 radical (unpaired) electrons. The lowest BCUT2D eigenvalue weighted by Gasteiger charge is -2.20. The molecule has 0 aromatic heterocycles. The molecule has 0 spiro atoms. The minimum absolute atomic E-state index is 0.0245. The van der Waals surface area contributed by atoms with E-state index in [2.05, 4.69) is 58.1 Å². The van der Waals surface area contributed by atoms with Gasteiger partial charge in [0.2, 0.25) is 0 Å². The second kappa shape index (κ2) is 6.29. The third-order valence-electron chi connectivity index (χ3n) is 3.52. The average Bonchev–Trinajstić information content (AvgIpc) is 2.42. The van der Waals surface area contributed by atoms with Gasteiger partial charge in [-0.25, -0.2) is 0 Å². The molecule has 2 aromatic carbocycles. The van der Waals surface area contributed by atoms with E-state index in [1.165, 1.54) is 10.9 Å². The number of nitrogens with one attached hydrogen (secondary N) is 1. The SMILES string of the molecule is CC(C)c1ccc(S(=O)CNC(C)(C)C)c2ccccc12. The van der Waals surface area contributed by atoms with Gasteiger partial charge >= 0.3 is 0 Å². The Balaban J connectivity index is 2.42. The van der Waals surface area contributed by atoms with Crippen LogP contribution in [0.4, 0.5) is 0 Å². The molecule has 2 rings (SSSR count). The zero-order valence-electron chi connectivity index (χ0n) is 13.6. The van der Waals surface area contributed by atoms with Crippen LogP contribution < -0.4 is 5.32 Å². The highest BCUT2D eigenvalue weighted by atomic mass is 32.2. The molecule has 1 unspecified atom stereocenters. The molecule has 114 valence electrons. The largest absolute Gasteiger partial charge is 0.301 e. The van der Waals surface area contributed by atoms with Gasteiger partial charge in [-0.15, -0.1) is 0 Å². The van der Waals surface area contributed by atoms with Crippen LogP contribution in [0, 0.1) is 0 Å². The predicted molar refractivity (Wildman–Crippen MR) is 92.2 cm³/mol. The molecule has 3 heteroatoms. The Morgan fingerprint density at radius 1 is 1.05 bits per heavy atom. The van der Waals surface area contributed by atoms with Crippen LogP contribution in [0.1, 0.15) is 46.1 Å². The Morgan fingerprint density at radius 3 is 2.24 bits per heavy atom. The van der Waals surface area contributed by atoms with Gasteiger partial charge in [-0.3, -0.25) is 4.21 Å². The molecule has 0 aliphatic carbocycles. The lowest BCUT2D eigenvalue weighted by molar-refractivity contribution is 0.458. The molecule has 0 saturated heterocycles. The smallest absolute Gasteiger partial charge is 0.0774 e. The molecule has 21 heavy (non-hydrogen) atoms. The number of benzene rings is 2. The van der Waals surface area contributed by atoms with E-state index in [-0.39, 0.29) is 5.54 Å². The summed E-state index contributed by atoms with van der Waals surface area (Å²) in [5, 5.41) is 5.65. The first-order valence-electron chi connectivity index (χ1n) is 7.44. The van der Waals surface area contributed by atoms with Gasteiger partial charge in [0.15, 0.2) is 0 Å². The second-order valence-electron chi connectivity index (χ2n) is 6.77. The topological polar surface area (TPSA) is 29.1 Å². The predicted octanol–water partition coefficient (Wildman–Crippen LogP) is 4.42. The van der Waals surface area contributed by atoms with E-state index in [9.17, 15) is 4.21 Å². The van der Waals surface area contributed by atoms with Crippen molar-refractivity contribution < 1.29 is 4.21 Å². The molecule has 0 bridgehead atoms. The molecule has 0 heterocycles. The molecule has 0 saturated carbocycles. The molecule has 0 amide bonds. The molecule has 0 fully saturated rings. The molecule has 0 aliphatic rings. The van der Waals surface area contributed by atoms with Gasteiger partial charge in [-0.2, -0.15) is 0 Å². The normalized spacial score (nSPS) is 13.8. The summed E-state index contributed by atoms with van der Waals surface area (Å²) in [5.74, 6) is 0.944. The quantitative estimate of drug-likeness (QED) is 0.906. The maximum Gasteiger partial charge on any atom is 0.0774 e. The summed E-state index contributed by atoms with van der Waals surface area (Å²) in [7, 11) is -1.04. The standard InChI is InChI=1S/C18H25NOS/c1-13(2)14-10-11-17(16-9-7-6-8-15(14)16)21(20)12-19-18(3,4)5/h6-11,13,19H,12H2,1-5H3. The molecule has 0 aliphatic heterocycles. The summed E-state index contributed by atoms with van der Waals surface area (Å²) in [4.78, 5) is 0.923. The van der Waals surface area contributed by atoms with Crippen LogP contribution in [0.2, 0.25) is 0 Å². The average molecular weight is 303 g/mol. The molecular weight excluding hydrogens is 278 g/mol. The van der Waals surface area contributed by atoms with Crippen molar-refractivity contribution in [3.05, 3.63) is 42.0 Å². The Labute approximate surface area is 130 Å². The lowest BCUT2D eigenvalue weighted by atomic mass is 9.96. The first-order valence-corrected chi connectivity index (χ1v) is 8.76. The summed E-state index contributed by atoms with van der Waals surface area (Å²) in [5.41, 5.74) is 1.29. The highest BCUT2D eigenvalue weighted by Crippen LogP contribution is 2.29. The van der Waals surface area contributed by atoms with Crippen LogP contribution >= 0.6 is 0 Å². The van der Waals surface area contributed by atoms with E-state index in [1.807, 2.05) is 18.2 Å². The third kappa shape index (κ3) is 3.92. The first kappa shape index (κ1) is 16.2. The van der Waals surface area contributed by atoms with Gasteiger partial charge in [-0.1, -0.05) is 44.2 Å². The van der Waals surface area contributed by atoms with Crippen molar-refractivity contribution in [2.45, 2.75) is 51.0 Å². The van der Waals surface area contributed by atoms with E-state index in [4.69, 9.17) is 0 Å². The van der Waals surface area contributed by atoms with Crippen LogP contribution in [-0.4, -0.2) is 15.6 Å².